The molecule has 0 aliphatic carbocycles. The van der Waals surface area contributed by atoms with E-state index in [0.29, 0.717) is 11.9 Å². The van der Waals surface area contributed by atoms with E-state index >= 15 is 0 Å². The highest BCUT2D eigenvalue weighted by molar-refractivity contribution is 7.89. The van der Waals surface area contributed by atoms with E-state index in [1.165, 1.54) is 0 Å². The quantitative estimate of drug-likeness (QED) is 0.752. The third-order valence-corrected chi connectivity index (χ3v) is 5.08. The van der Waals surface area contributed by atoms with Gasteiger partial charge in [0.2, 0.25) is 10.0 Å². The van der Waals surface area contributed by atoms with Gasteiger partial charge in [-0.1, -0.05) is 36.4 Å². The Morgan fingerprint density at radius 3 is 2.65 bits per heavy atom. The number of fused-ring (bicyclic) bond motifs is 1. The van der Waals surface area contributed by atoms with Crippen molar-refractivity contribution in [1.82, 2.24) is 9.71 Å². The summed E-state index contributed by atoms with van der Waals surface area (Å²) in [6.07, 6.45) is 3.24. The van der Waals surface area contributed by atoms with E-state index in [9.17, 15) is 8.42 Å². The number of nitrogens with zero attached hydrogens (tertiary/aromatic N) is 1. The van der Waals surface area contributed by atoms with Crippen molar-refractivity contribution in [2.45, 2.75) is 18.0 Å². The summed E-state index contributed by atoms with van der Waals surface area (Å²) in [6.45, 7) is 0.647. The van der Waals surface area contributed by atoms with E-state index in [2.05, 4.69) is 9.71 Å². The van der Waals surface area contributed by atoms with Gasteiger partial charge < -0.3 is 5.73 Å². The molecule has 3 N–H and O–H groups in total. The summed E-state index contributed by atoms with van der Waals surface area (Å²) in [4.78, 5) is 4.28. The predicted molar refractivity (Wildman–Crippen MR) is 90.1 cm³/mol. The number of sulfonamides is 1. The van der Waals surface area contributed by atoms with Gasteiger partial charge >= 0.3 is 0 Å². The molecule has 0 amide bonds. The zero-order valence-corrected chi connectivity index (χ0v) is 13.3. The van der Waals surface area contributed by atoms with Crippen molar-refractivity contribution in [3.63, 3.8) is 0 Å². The molecule has 5 nitrogen and oxygen atoms in total. The van der Waals surface area contributed by atoms with E-state index in [1.807, 2.05) is 30.3 Å². The molecule has 1 heterocycles. The second kappa shape index (κ2) is 6.45. The van der Waals surface area contributed by atoms with E-state index < -0.39 is 10.0 Å². The topological polar surface area (TPSA) is 85.1 Å². The maximum atomic E-state index is 12.6. The molecule has 0 saturated heterocycles. The standard InChI is InChI=1S/C17H17N3O2S/c18-10-13-3-1-4-14(9-13)11-20-23(21,22)17-6-2-5-15-12-19-8-7-16(15)17/h1-9,12,20H,10-11,18H2. The van der Waals surface area contributed by atoms with Gasteiger partial charge in [0, 0.05) is 36.3 Å². The number of nitrogens with two attached hydrogens (primary N) is 1. The SMILES string of the molecule is NCc1cccc(CNS(=O)(=O)c2cccc3cnccc23)c1. The van der Waals surface area contributed by atoms with Gasteiger partial charge in [0.05, 0.1) is 4.90 Å². The Hall–Kier alpha value is -2.28. The number of hydrogen-bond donors (Lipinski definition) is 2. The molecular weight excluding hydrogens is 310 g/mol. The number of nitrogens with one attached hydrogen (secondary N) is 1. The Bertz CT molecular complexity index is 934. The van der Waals surface area contributed by atoms with Gasteiger partial charge in [0.1, 0.15) is 0 Å². The minimum atomic E-state index is -3.61. The Morgan fingerprint density at radius 2 is 1.83 bits per heavy atom. The molecule has 0 bridgehead atoms. The van der Waals surface area contributed by atoms with Crippen LogP contribution in [0, 0.1) is 0 Å². The maximum absolute atomic E-state index is 12.6. The zero-order chi connectivity index (χ0) is 16.3. The molecule has 0 spiro atoms. The Kier molecular flexibility index (Phi) is 4.38. The summed E-state index contributed by atoms with van der Waals surface area (Å²) in [7, 11) is -3.61. The minimum Gasteiger partial charge on any atom is -0.326 e. The lowest BCUT2D eigenvalue weighted by molar-refractivity contribution is 0.582. The molecule has 0 atom stereocenters. The lowest BCUT2D eigenvalue weighted by atomic mass is 10.1. The third kappa shape index (κ3) is 3.39. The van der Waals surface area contributed by atoms with Crippen LogP contribution in [-0.4, -0.2) is 13.4 Å². The van der Waals surface area contributed by atoms with Crippen molar-refractivity contribution >= 4 is 20.8 Å². The van der Waals surface area contributed by atoms with Crippen LogP contribution in [0.3, 0.4) is 0 Å². The normalized spacial score (nSPS) is 11.7. The third-order valence-electron chi connectivity index (χ3n) is 3.62. The van der Waals surface area contributed by atoms with Crippen molar-refractivity contribution < 1.29 is 8.42 Å². The van der Waals surface area contributed by atoms with Crippen molar-refractivity contribution in [2.24, 2.45) is 5.73 Å². The molecule has 118 valence electrons. The van der Waals surface area contributed by atoms with Gasteiger partial charge in [0.15, 0.2) is 0 Å². The Balaban J connectivity index is 1.89. The van der Waals surface area contributed by atoms with Crippen molar-refractivity contribution in [3.05, 3.63) is 72.1 Å². The predicted octanol–water partition coefficient (Wildman–Crippen LogP) is 2.17. The molecule has 0 saturated carbocycles. The molecule has 6 heteroatoms. The Labute approximate surface area is 135 Å². The lowest BCUT2D eigenvalue weighted by Crippen LogP contribution is -2.23. The fourth-order valence-electron chi connectivity index (χ4n) is 2.45. The summed E-state index contributed by atoms with van der Waals surface area (Å²) < 4.78 is 27.9. The van der Waals surface area contributed by atoms with Crippen LogP contribution in [0.15, 0.2) is 65.8 Å². The van der Waals surface area contributed by atoms with Crippen molar-refractivity contribution in [1.29, 1.82) is 0 Å². The number of benzene rings is 2. The molecule has 3 aromatic rings. The highest BCUT2D eigenvalue weighted by atomic mass is 32.2. The van der Waals surface area contributed by atoms with E-state index in [0.717, 1.165) is 16.5 Å². The van der Waals surface area contributed by atoms with Crippen LogP contribution in [-0.2, 0) is 23.1 Å². The van der Waals surface area contributed by atoms with Gasteiger partial charge in [-0.05, 0) is 23.3 Å². The Morgan fingerprint density at radius 1 is 1.04 bits per heavy atom. The van der Waals surface area contributed by atoms with Gasteiger partial charge in [0.25, 0.3) is 0 Å². The van der Waals surface area contributed by atoms with Crippen LogP contribution < -0.4 is 10.5 Å². The summed E-state index contributed by atoms with van der Waals surface area (Å²) in [5.74, 6) is 0. The maximum Gasteiger partial charge on any atom is 0.241 e. The first kappa shape index (κ1) is 15.6. The molecular formula is C17H17N3O2S. The van der Waals surface area contributed by atoms with Crippen LogP contribution in [0.5, 0.6) is 0 Å². The second-order valence-electron chi connectivity index (χ2n) is 5.20. The first-order valence-electron chi connectivity index (χ1n) is 7.20. The van der Waals surface area contributed by atoms with Crippen molar-refractivity contribution in [3.8, 4) is 0 Å². The number of pyridine rings is 1. The monoisotopic (exact) mass is 327 g/mol. The average Bonchev–Trinajstić information content (AvgIpc) is 2.60. The molecule has 0 aliphatic rings. The summed E-state index contributed by atoms with van der Waals surface area (Å²) in [5, 5.41) is 1.45. The highest BCUT2D eigenvalue weighted by Gasteiger charge is 2.16. The number of aromatic nitrogens is 1. The van der Waals surface area contributed by atoms with E-state index in [-0.39, 0.29) is 11.4 Å². The second-order valence-corrected chi connectivity index (χ2v) is 6.94. The van der Waals surface area contributed by atoms with Gasteiger partial charge in [-0.3, -0.25) is 4.98 Å². The molecule has 0 unspecified atom stereocenters. The molecule has 0 aliphatic heterocycles. The van der Waals surface area contributed by atoms with Gasteiger partial charge in [-0.25, -0.2) is 13.1 Å². The fraction of sp³-hybridized carbons (Fsp3) is 0.118. The first-order valence-corrected chi connectivity index (χ1v) is 8.69. The van der Waals surface area contributed by atoms with Crippen LogP contribution in [0.2, 0.25) is 0 Å². The lowest BCUT2D eigenvalue weighted by Gasteiger charge is -2.10. The molecule has 0 fully saturated rings. The van der Waals surface area contributed by atoms with Crippen molar-refractivity contribution in [2.75, 3.05) is 0 Å². The van der Waals surface area contributed by atoms with E-state index in [4.69, 9.17) is 5.73 Å². The number of rotatable bonds is 5. The molecule has 2 aromatic carbocycles. The van der Waals surface area contributed by atoms with Crippen LogP contribution in [0.1, 0.15) is 11.1 Å². The summed E-state index contributed by atoms with van der Waals surface area (Å²) >= 11 is 0. The first-order chi connectivity index (χ1) is 11.1. The van der Waals surface area contributed by atoms with Crippen LogP contribution in [0.4, 0.5) is 0 Å². The largest absolute Gasteiger partial charge is 0.326 e. The van der Waals surface area contributed by atoms with Crippen LogP contribution in [0.25, 0.3) is 10.8 Å². The molecule has 23 heavy (non-hydrogen) atoms. The van der Waals surface area contributed by atoms with Gasteiger partial charge in [-0.15, -0.1) is 0 Å². The molecule has 1 aromatic heterocycles. The highest BCUT2D eigenvalue weighted by Crippen LogP contribution is 2.22. The fourth-order valence-corrected chi connectivity index (χ4v) is 3.70. The van der Waals surface area contributed by atoms with E-state index in [1.54, 1.807) is 30.6 Å². The average molecular weight is 327 g/mol. The molecule has 0 radical (unpaired) electrons. The summed E-state index contributed by atoms with van der Waals surface area (Å²) in [5.41, 5.74) is 7.45. The number of hydrogen-bond acceptors (Lipinski definition) is 4. The van der Waals surface area contributed by atoms with Crippen LogP contribution >= 0.6 is 0 Å². The summed E-state index contributed by atoms with van der Waals surface area (Å²) in [6, 6.07) is 14.4. The molecule has 3 rings (SSSR count). The van der Waals surface area contributed by atoms with Gasteiger partial charge in [-0.2, -0.15) is 0 Å². The minimum absolute atomic E-state index is 0.220. The zero-order valence-electron chi connectivity index (χ0n) is 12.4. The smallest absolute Gasteiger partial charge is 0.241 e.